The summed E-state index contributed by atoms with van der Waals surface area (Å²) in [7, 11) is 0. The fraction of sp³-hybridized carbons (Fsp3) is 0.400. The maximum atomic E-state index is 5.25. The number of terminal acetylenes is 5. The van der Waals surface area contributed by atoms with Crippen LogP contribution in [0.5, 0.6) is 0 Å². The molecule has 7 heterocycles. The van der Waals surface area contributed by atoms with Gasteiger partial charge in [-0.05, 0) is 70.2 Å². The first-order valence-electron chi connectivity index (χ1n) is 26.3. The van der Waals surface area contributed by atoms with Gasteiger partial charge in [-0.15, -0.1) is 37.7 Å². The van der Waals surface area contributed by atoms with Crippen LogP contribution in [0.2, 0.25) is 0 Å². The number of rotatable bonds is 0. The Hall–Kier alpha value is -7.04. The molecule has 0 N–H and O–H groups in total. The van der Waals surface area contributed by atoms with Crippen LogP contribution in [-0.2, 0) is 78.8 Å². The molecule has 0 bridgehead atoms. The molecule has 0 saturated carbocycles. The summed E-state index contributed by atoms with van der Waals surface area (Å²) in [5.41, 5.74) is 9.78. The fourth-order valence-corrected chi connectivity index (χ4v) is 5.89. The molecule has 10 nitrogen and oxygen atoms in total. The summed E-state index contributed by atoms with van der Waals surface area (Å²) >= 11 is 0. The van der Waals surface area contributed by atoms with E-state index in [4.69, 9.17) is 32.1 Å². The largest absolute Gasteiger partial charge is 0.394 e. The first-order valence-corrected chi connectivity index (χ1v) is 26.3. The van der Waals surface area contributed by atoms with Crippen LogP contribution in [0.4, 0.5) is 0 Å². The van der Waals surface area contributed by atoms with E-state index in [1.54, 1.807) is 30.9 Å². The van der Waals surface area contributed by atoms with Crippen molar-refractivity contribution < 1.29 is 40.8 Å². The second-order valence-corrected chi connectivity index (χ2v) is 25.4. The van der Waals surface area contributed by atoms with Gasteiger partial charge in [-0.1, -0.05) is 199 Å². The predicted octanol–water partition coefficient (Wildman–Crippen LogP) is 14.3. The topological polar surface area (TPSA) is 129 Å². The van der Waals surface area contributed by atoms with E-state index in [-0.39, 0.29) is 78.8 Å². The first-order chi connectivity index (χ1) is 36.9. The van der Waals surface area contributed by atoms with Crippen molar-refractivity contribution >= 4 is 0 Å². The van der Waals surface area contributed by atoms with Crippen molar-refractivity contribution in [1.82, 2.24) is 49.8 Å². The fourth-order valence-electron chi connectivity index (χ4n) is 5.89. The quantitative estimate of drug-likeness (QED) is 0.107. The molecule has 0 saturated heterocycles. The second kappa shape index (κ2) is 35.1. The molecule has 12 heteroatoms. The molecule has 0 aliphatic carbocycles. The minimum Gasteiger partial charge on any atom is -0.394 e. The Balaban J connectivity index is 0. The Morgan fingerprint density at radius 3 is 1.33 bits per heavy atom. The number of nitrogens with zero attached hydrogens (tertiary/aromatic N) is 10. The van der Waals surface area contributed by atoms with Gasteiger partial charge in [-0.25, -0.2) is 39.9 Å². The van der Waals surface area contributed by atoms with Gasteiger partial charge in [0, 0.05) is 86.8 Å². The van der Waals surface area contributed by atoms with Crippen LogP contribution in [0, 0.1) is 74.1 Å². The van der Waals surface area contributed by atoms with Gasteiger partial charge in [0.05, 0.1) is 11.4 Å². The number of hydrogen-bond acceptors (Lipinski definition) is 10. The van der Waals surface area contributed by atoms with Gasteiger partial charge < -0.3 is 9.97 Å². The van der Waals surface area contributed by atoms with Gasteiger partial charge in [-0.2, -0.15) is 30.3 Å². The standard InChI is InChI=1S/2C11H13N.3C10H12N2.2C9H12N.2Re/c1-5-10-8-9(6-7-12-10)11(2,3)4;1-5-9-7-6-8-10(12-9)11(2,3)4;1-5-8-6-9(10(2,3)4)12-7-11-8;1-5-9-11-7-6-8(12-9)10(2,3)4;1-5-8-6-7-11-9(12-8)10(2,3)4;1-9(2,3)8-5-4-6-10-7-8;1-9(2,3)8-6-4-5-7-10-8;;/h2*1,6-8H,2-4H3;3*1,6-7H,2-4H3;2*4-6H,1-3H3;;/q;;;;;2*-1;;. The molecule has 432 valence electrons. The maximum Gasteiger partial charge on any atom is 0.204 e. The minimum atomic E-state index is -0.0349. The van der Waals surface area contributed by atoms with E-state index in [2.05, 4.69) is 237 Å². The van der Waals surface area contributed by atoms with E-state index >= 15 is 0 Å². The third kappa shape index (κ3) is 30.7. The molecule has 7 aromatic rings. The van der Waals surface area contributed by atoms with Crippen LogP contribution in [-0.4, -0.2) is 49.8 Å². The first kappa shape index (κ1) is 77.0. The zero-order chi connectivity index (χ0) is 61.2. The van der Waals surface area contributed by atoms with Crippen molar-refractivity contribution in [2.45, 2.75) is 183 Å². The number of aromatic nitrogens is 10. The van der Waals surface area contributed by atoms with E-state index in [1.165, 1.54) is 11.9 Å². The zero-order valence-corrected chi connectivity index (χ0v) is 57.9. The smallest absolute Gasteiger partial charge is 0.204 e. The Labute approximate surface area is 522 Å². The molecule has 7 rings (SSSR count). The summed E-state index contributed by atoms with van der Waals surface area (Å²) in [5, 5.41) is 0. The van der Waals surface area contributed by atoms with Gasteiger partial charge in [0.1, 0.15) is 34.9 Å². The van der Waals surface area contributed by atoms with Crippen LogP contribution in [0.25, 0.3) is 0 Å². The molecule has 82 heavy (non-hydrogen) atoms. The van der Waals surface area contributed by atoms with E-state index in [0.29, 0.717) is 28.6 Å². The third-order valence-corrected chi connectivity index (χ3v) is 10.8. The second-order valence-electron chi connectivity index (χ2n) is 25.4. The van der Waals surface area contributed by atoms with Crippen molar-refractivity contribution in [2.75, 3.05) is 0 Å². The molecule has 0 aliphatic rings. The predicted molar refractivity (Wildman–Crippen MR) is 331 cm³/mol. The molecule has 0 spiro atoms. The maximum absolute atomic E-state index is 5.25. The van der Waals surface area contributed by atoms with Crippen molar-refractivity contribution in [2.24, 2.45) is 0 Å². The summed E-state index contributed by atoms with van der Waals surface area (Å²) in [6.45, 7) is 44.4. The van der Waals surface area contributed by atoms with Crippen molar-refractivity contribution in [3.8, 4) is 61.7 Å². The van der Waals surface area contributed by atoms with Crippen molar-refractivity contribution in [1.29, 1.82) is 0 Å². The van der Waals surface area contributed by atoms with E-state index in [1.807, 2.05) is 72.8 Å². The summed E-state index contributed by atoms with van der Waals surface area (Å²) in [6, 6.07) is 25.0. The van der Waals surface area contributed by atoms with Gasteiger partial charge in [-0.3, -0.25) is 0 Å². The van der Waals surface area contributed by atoms with Crippen LogP contribution in [0.15, 0.2) is 110 Å². The Bertz CT molecular complexity index is 2760. The normalized spacial score (nSPS) is 10.7. The van der Waals surface area contributed by atoms with Crippen molar-refractivity contribution in [3.05, 3.63) is 191 Å². The average Bonchev–Trinajstić information content (AvgIpc) is 3.41. The molecule has 0 unspecified atom stereocenters. The van der Waals surface area contributed by atoms with E-state index < -0.39 is 0 Å². The van der Waals surface area contributed by atoms with Gasteiger partial charge >= 0.3 is 0 Å². The Morgan fingerprint density at radius 2 is 0.890 bits per heavy atom. The van der Waals surface area contributed by atoms with Crippen LogP contribution >= 0.6 is 0 Å². The molecule has 0 atom stereocenters. The summed E-state index contributed by atoms with van der Waals surface area (Å²) in [5.74, 6) is 13.7. The molecule has 2 radical (unpaired) electrons. The van der Waals surface area contributed by atoms with Crippen LogP contribution in [0.3, 0.4) is 0 Å². The number of pyridine rings is 4. The molecule has 7 aromatic heterocycles. The molecular formula is C70H86N10Re2-2. The SMILES string of the molecule is C#Cc1cc(C(C)(C)C)ccn1.C#Cc1cc(C(C)(C)C)ncn1.C#Cc1cccc(C(C)(C)C)n1.C#Cc1ccnc(C(C)(C)C)n1.C#Cc1nccc(C(C)(C)C)n1.CC(C)(C)c1[c-]nccc1.CC(C)(C)c1ccc[c-]n1.[Re].[Re]. The molecule has 0 aromatic carbocycles. The van der Waals surface area contributed by atoms with Crippen LogP contribution < -0.4 is 0 Å². The monoisotopic (exact) mass is 1440 g/mol. The average molecular weight is 1440 g/mol. The van der Waals surface area contributed by atoms with Crippen molar-refractivity contribution in [3.63, 3.8) is 0 Å². The van der Waals surface area contributed by atoms with Gasteiger partial charge in [0.25, 0.3) is 0 Å². The molecule has 0 fully saturated rings. The Kier molecular flexibility index (Phi) is 32.9. The number of hydrogen-bond donors (Lipinski definition) is 0. The van der Waals surface area contributed by atoms with Gasteiger partial charge in [0.2, 0.25) is 5.82 Å². The van der Waals surface area contributed by atoms with Crippen LogP contribution in [0.1, 0.15) is 214 Å². The van der Waals surface area contributed by atoms with Gasteiger partial charge in [0.15, 0.2) is 0 Å². The zero-order valence-electron chi connectivity index (χ0n) is 52.5. The minimum absolute atomic E-state index is 0. The Morgan fingerprint density at radius 1 is 0.378 bits per heavy atom. The molecule has 0 amide bonds. The summed E-state index contributed by atoms with van der Waals surface area (Å²) in [6.07, 6.45) is 40.3. The third-order valence-electron chi connectivity index (χ3n) is 10.8. The summed E-state index contributed by atoms with van der Waals surface area (Å²) in [4.78, 5) is 41.0. The summed E-state index contributed by atoms with van der Waals surface area (Å²) < 4.78 is 0. The van der Waals surface area contributed by atoms with E-state index in [0.717, 1.165) is 34.2 Å². The molecular weight excluding hydrogens is 1350 g/mol. The molecule has 0 aliphatic heterocycles. The van der Waals surface area contributed by atoms with E-state index in [9.17, 15) is 0 Å².